The molecule has 0 aliphatic heterocycles. The molecule has 0 amide bonds. The molecule has 0 saturated heterocycles. The Morgan fingerprint density at radius 1 is 1.57 bits per heavy atom. The van der Waals surface area contributed by atoms with Crippen molar-refractivity contribution in [3.63, 3.8) is 0 Å². The Bertz CT molecular complexity index is 525. The molecule has 0 atom stereocenters. The van der Waals surface area contributed by atoms with Crippen molar-refractivity contribution in [1.29, 1.82) is 0 Å². The zero-order valence-corrected chi connectivity index (χ0v) is 7.55. The molecule has 0 saturated carbocycles. The molecule has 1 heterocycles. The molecule has 2 rings (SSSR count). The number of hydrogen-bond acceptors (Lipinski definition) is 5. The van der Waals surface area contributed by atoms with Gasteiger partial charge in [-0.05, 0) is 0 Å². The number of thiazole rings is 1. The van der Waals surface area contributed by atoms with Gasteiger partial charge < -0.3 is 5.73 Å². The number of nitro groups is 1. The van der Waals surface area contributed by atoms with Gasteiger partial charge in [0.05, 0.1) is 15.7 Å². The summed E-state index contributed by atoms with van der Waals surface area (Å²) in [7, 11) is 0. The standard InChI is InChI=1S/C7H4FN3O2S/c8-4-1-3(11(12)13)2-5-6(4)10-7(9)14-5/h1-2H,(H2,9,10). The minimum absolute atomic E-state index is 0.0816. The van der Waals surface area contributed by atoms with E-state index in [4.69, 9.17) is 5.73 Å². The molecule has 0 fully saturated rings. The molecule has 0 unspecified atom stereocenters. The van der Waals surface area contributed by atoms with Gasteiger partial charge in [-0.3, -0.25) is 10.1 Å². The molecule has 2 N–H and O–H groups in total. The molecule has 1 aromatic carbocycles. The first kappa shape index (κ1) is 8.82. The normalized spacial score (nSPS) is 10.6. The number of rotatable bonds is 1. The van der Waals surface area contributed by atoms with Gasteiger partial charge in [0.25, 0.3) is 5.69 Å². The largest absolute Gasteiger partial charge is 0.375 e. The monoisotopic (exact) mass is 213 g/mol. The number of fused-ring (bicyclic) bond motifs is 1. The minimum atomic E-state index is -0.720. The highest BCUT2D eigenvalue weighted by Gasteiger charge is 2.14. The summed E-state index contributed by atoms with van der Waals surface area (Å²) in [5.41, 5.74) is 5.15. The van der Waals surface area contributed by atoms with E-state index in [0.717, 1.165) is 17.4 Å². The van der Waals surface area contributed by atoms with Crippen molar-refractivity contribution in [2.24, 2.45) is 0 Å². The summed E-state index contributed by atoms with van der Waals surface area (Å²) in [5, 5.41) is 10.6. The average Bonchev–Trinajstić information content (AvgIpc) is 2.45. The van der Waals surface area contributed by atoms with E-state index in [1.165, 1.54) is 6.07 Å². The SMILES string of the molecule is Nc1nc2c(F)cc([N+](=O)[O-])cc2s1. The van der Waals surface area contributed by atoms with Crippen LogP contribution in [0.3, 0.4) is 0 Å². The van der Waals surface area contributed by atoms with E-state index in [-0.39, 0.29) is 16.3 Å². The third-order valence-electron chi connectivity index (χ3n) is 1.66. The third kappa shape index (κ3) is 1.27. The second kappa shape index (κ2) is 2.88. The molecule has 5 nitrogen and oxygen atoms in total. The summed E-state index contributed by atoms with van der Waals surface area (Å²) in [4.78, 5) is 13.5. The van der Waals surface area contributed by atoms with Gasteiger partial charge >= 0.3 is 0 Å². The summed E-state index contributed by atoms with van der Waals surface area (Å²) >= 11 is 1.02. The molecular weight excluding hydrogens is 209 g/mol. The molecule has 72 valence electrons. The lowest BCUT2D eigenvalue weighted by atomic mass is 10.3. The van der Waals surface area contributed by atoms with Crippen molar-refractivity contribution < 1.29 is 9.31 Å². The van der Waals surface area contributed by atoms with E-state index in [2.05, 4.69) is 4.98 Å². The smallest absolute Gasteiger partial charge is 0.273 e. The second-order valence-corrected chi connectivity index (χ2v) is 3.65. The van der Waals surface area contributed by atoms with E-state index in [1.54, 1.807) is 0 Å². The number of anilines is 1. The minimum Gasteiger partial charge on any atom is -0.375 e. The third-order valence-corrected chi connectivity index (χ3v) is 2.49. The van der Waals surface area contributed by atoms with E-state index < -0.39 is 10.7 Å². The van der Waals surface area contributed by atoms with Gasteiger partial charge in [-0.25, -0.2) is 9.37 Å². The number of hydrogen-bond donors (Lipinski definition) is 1. The quantitative estimate of drug-likeness (QED) is 0.579. The van der Waals surface area contributed by atoms with Crippen LogP contribution in [0.25, 0.3) is 10.2 Å². The first-order valence-electron chi connectivity index (χ1n) is 3.58. The molecule has 0 radical (unpaired) electrons. The maximum absolute atomic E-state index is 13.2. The van der Waals surface area contributed by atoms with Crippen LogP contribution in [-0.2, 0) is 0 Å². The van der Waals surface area contributed by atoms with Gasteiger partial charge in [-0.1, -0.05) is 11.3 Å². The highest BCUT2D eigenvalue weighted by molar-refractivity contribution is 7.22. The maximum Gasteiger partial charge on any atom is 0.273 e. The molecular formula is C7H4FN3O2S. The average molecular weight is 213 g/mol. The Morgan fingerprint density at radius 2 is 2.29 bits per heavy atom. The first-order valence-corrected chi connectivity index (χ1v) is 4.39. The van der Waals surface area contributed by atoms with Crippen LogP contribution >= 0.6 is 11.3 Å². The van der Waals surface area contributed by atoms with Gasteiger partial charge in [0.15, 0.2) is 10.9 Å². The van der Waals surface area contributed by atoms with Crippen LogP contribution < -0.4 is 5.73 Å². The van der Waals surface area contributed by atoms with Crippen LogP contribution in [0.15, 0.2) is 12.1 Å². The van der Waals surface area contributed by atoms with Gasteiger partial charge in [0, 0.05) is 6.07 Å². The predicted octanol–water partition coefficient (Wildman–Crippen LogP) is 1.93. The first-order chi connectivity index (χ1) is 6.58. The molecule has 0 aliphatic rings. The van der Waals surface area contributed by atoms with Crippen molar-refractivity contribution >= 4 is 32.4 Å². The second-order valence-electron chi connectivity index (χ2n) is 2.58. The fraction of sp³-hybridized carbons (Fsp3) is 0. The summed E-state index contributed by atoms with van der Waals surface area (Å²) in [6.45, 7) is 0. The summed E-state index contributed by atoms with van der Waals surface area (Å²) < 4.78 is 13.6. The van der Waals surface area contributed by atoms with Gasteiger partial charge in [-0.2, -0.15) is 0 Å². The zero-order valence-electron chi connectivity index (χ0n) is 6.73. The molecule has 14 heavy (non-hydrogen) atoms. The number of aromatic nitrogens is 1. The van der Waals surface area contributed by atoms with E-state index >= 15 is 0 Å². The Balaban J connectivity index is 2.77. The van der Waals surface area contributed by atoms with Crippen molar-refractivity contribution in [2.45, 2.75) is 0 Å². The Hall–Kier alpha value is -1.76. The van der Waals surface area contributed by atoms with Crippen molar-refractivity contribution in [3.05, 3.63) is 28.1 Å². The number of halogens is 1. The molecule has 0 aliphatic carbocycles. The Kier molecular flexibility index (Phi) is 1.81. The van der Waals surface area contributed by atoms with Crippen molar-refractivity contribution in [2.75, 3.05) is 5.73 Å². The molecule has 0 spiro atoms. The van der Waals surface area contributed by atoms with Crippen LogP contribution in [0.5, 0.6) is 0 Å². The van der Waals surface area contributed by atoms with E-state index in [0.29, 0.717) is 4.70 Å². The molecule has 2 aromatic rings. The van der Waals surface area contributed by atoms with E-state index in [9.17, 15) is 14.5 Å². The lowest BCUT2D eigenvalue weighted by Gasteiger charge is -1.92. The lowest BCUT2D eigenvalue weighted by molar-refractivity contribution is -0.384. The highest BCUT2D eigenvalue weighted by atomic mass is 32.1. The number of benzene rings is 1. The molecule has 1 aromatic heterocycles. The summed E-state index contributed by atoms with van der Waals surface area (Å²) in [5.74, 6) is -0.720. The van der Waals surface area contributed by atoms with Gasteiger partial charge in [0.2, 0.25) is 0 Å². The number of non-ortho nitro benzene ring substituents is 1. The Morgan fingerprint density at radius 3 is 2.93 bits per heavy atom. The topological polar surface area (TPSA) is 82.0 Å². The maximum atomic E-state index is 13.2. The summed E-state index contributed by atoms with van der Waals surface area (Å²) in [6.07, 6.45) is 0. The fourth-order valence-electron chi connectivity index (χ4n) is 1.10. The van der Waals surface area contributed by atoms with Crippen LogP contribution in [0, 0.1) is 15.9 Å². The van der Waals surface area contributed by atoms with Crippen molar-refractivity contribution in [3.8, 4) is 0 Å². The van der Waals surface area contributed by atoms with Crippen molar-refractivity contribution in [1.82, 2.24) is 4.98 Å². The predicted molar refractivity (Wildman–Crippen MR) is 50.6 cm³/mol. The Labute approximate surface area is 81.1 Å². The number of nitro benzene ring substituents is 1. The van der Waals surface area contributed by atoms with Crippen LogP contribution in [0.4, 0.5) is 15.2 Å². The highest BCUT2D eigenvalue weighted by Crippen LogP contribution is 2.29. The van der Waals surface area contributed by atoms with Crippen LogP contribution in [0.1, 0.15) is 0 Å². The molecule has 7 heteroatoms. The van der Waals surface area contributed by atoms with Crippen LogP contribution in [-0.4, -0.2) is 9.91 Å². The zero-order chi connectivity index (χ0) is 10.3. The lowest BCUT2D eigenvalue weighted by Crippen LogP contribution is -1.89. The summed E-state index contributed by atoms with van der Waals surface area (Å²) in [6, 6.07) is 2.09. The fourth-order valence-corrected chi connectivity index (χ4v) is 1.88. The molecule has 0 bridgehead atoms. The number of nitrogen functional groups attached to an aromatic ring is 1. The van der Waals surface area contributed by atoms with Gasteiger partial charge in [0.1, 0.15) is 5.52 Å². The van der Waals surface area contributed by atoms with E-state index in [1.807, 2.05) is 0 Å². The number of nitrogens with zero attached hydrogens (tertiary/aromatic N) is 2. The van der Waals surface area contributed by atoms with Crippen LogP contribution in [0.2, 0.25) is 0 Å². The number of nitrogens with two attached hydrogens (primary N) is 1. The van der Waals surface area contributed by atoms with Gasteiger partial charge in [-0.15, -0.1) is 0 Å².